The molecule has 0 heterocycles. The maximum atomic E-state index is 10.8. The first-order chi connectivity index (χ1) is 5.72. The Morgan fingerprint density at radius 1 is 1.58 bits per heavy atom. The van der Waals surface area contributed by atoms with Crippen molar-refractivity contribution in [3.63, 3.8) is 0 Å². The molecule has 70 valence electrons. The molecule has 0 spiro atoms. The van der Waals surface area contributed by atoms with Gasteiger partial charge in [0.2, 0.25) is 0 Å². The SMILES string of the molecule is COC(=O)CCN(C)CC1CC1. The van der Waals surface area contributed by atoms with Crippen molar-refractivity contribution in [1.29, 1.82) is 0 Å². The summed E-state index contributed by atoms with van der Waals surface area (Å²) in [4.78, 5) is 13.0. The minimum Gasteiger partial charge on any atom is -0.469 e. The number of hydrogen-bond donors (Lipinski definition) is 0. The predicted molar refractivity (Wildman–Crippen MR) is 46.9 cm³/mol. The van der Waals surface area contributed by atoms with Gasteiger partial charge in [0.1, 0.15) is 0 Å². The van der Waals surface area contributed by atoms with Crippen molar-refractivity contribution in [1.82, 2.24) is 4.90 Å². The molecule has 1 fully saturated rings. The first-order valence-electron chi connectivity index (χ1n) is 4.47. The van der Waals surface area contributed by atoms with Crippen LogP contribution in [0.5, 0.6) is 0 Å². The Labute approximate surface area is 73.7 Å². The monoisotopic (exact) mass is 171 g/mol. The maximum Gasteiger partial charge on any atom is 0.306 e. The summed E-state index contributed by atoms with van der Waals surface area (Å²) in [6.07, 6.45) is 3.24. The van der Waals surface area contributed by atoms with Crippen LogP contribution in [0.1, 0.15) is 19.3 Å². The van der Waals surface area contributed by atoms with Crippen LogP contribution in [0.4, 0.5) is 0 Å². The summed E-state index contributed by atoms with van der Waals surface area (Å²) in [5.74, 6) is 0.783. The normalized spacial score (nSPS) is 16.6. The Kier molecular flexibility index (Phi) is 3.53. The lowest BCUT2D eigenvalue weighted by molar-refractivity contribution is -0.140. The highest BCUT2D eigenvalue weighted by Gasteiger charge is 2.22. The lowest BCUT2D eigenvalue weighted by Crippen LogP contribution is -2.24. The highest BCUT2D eigenvalue weighted by atomic mass is 16.5. The van der Waals surface area contributed by atoms with E-state index in [9.17, 15) is 4.79 Å². The zero-order valence-corrected chi connectivity index (χ0v) is 7.88. The zero-order valence-electron chi connectivity index (χ0n) is 7.88. The fraction of sp³-hybridized carbons (Fsp3) is 0.889. The Hall–Kier alpha value is -0.570. The lowest BCUT2D eigenvalue weighted by Gasteiger charge is -2.14. The minimum absolute atomic E-state index is 0.113. The Morgan fingerprint density at radius 3 is 2.75 bits per heavy atom. The second-order valence-electron chi connectivity index (χ2n) is 3.53. The van der Waals surface area contributed by atoms with Crippen LogP contribution in [-0.2, 0) is 9.53 Å². The smallest absolute Gasteiger partial charge is 0.306 e. The van der Waals surface area contributed by atoms with Gasteiger partial charge in [0.05, 0.1) is 13.5 Å². The Morgan fingerprint density at radius 2 is 2.25 bits per heavy atom. The van der Waals surface area contributed by atoms with Crippen molar-refractivity contribution < 1.29 is 9.53 Å². The number of ether oxygens (including phenoxy) is 1. The fourth-order valence-electron chi connectivity index (χ4n) is 1.22. The summed E-state index contributed by atoms with van der Waals surface area (Å²) in [6.45, 7) is 1.96. The van der Waals surface area contributed by atoms with Gasteiger partial charge in [-0.1, -0.05) is 0 Å². The number of carbonyl (C=O) groups is 1. The van der Waals surface area contributed by atoms with Gasteiger partial charge in [-0.05, 0) is 25.8 Å². The molecule has 0 N–H and O–H groups in total. The summed E-state index contributed by atoms with van der Waals surface area (Å²) in [5.41, 5.74) is 0. The van der Waals surface area contributed by atoms with Crippen LogP contribution in [0.25, 0.3) is 0 Å². The second-order valence-corrected chi connectivity index (χ2v) is 3.53. The molecule has 0 aromatic heterocycles. The van der Waals surface area contributed by atoms with Gasteiger partial charge in [-0.3, -0.25) is 4.79 Å². The van der Waals surface area contributed by atoms with E-state index in [1.54, 1.807) is 0 Å². The molecule has 3 nitrogen and oxygen atoms in total. The van der Waals surface area contributed by atoms with E-state index in [-0.39, 0.29) is 5.97 Å². The highest BCUT2D eigenvalue weighted by molar-refractivity contribution is 5.69. The molecule has 0 bridgehead atoms. The van der Waals surface area contributed by atoms with E-state index in [1.165, 1.54) is 20.0 Å². The molecule has 0 radical (unpaired) electrons. The molecule has 1 aliphatic carbocycles. The van der Waals surface area contributed by atoms with Crippen LogP contribution in [-0.4, -0.2) is 38.1 Å². The van der Waals surface area contributed by atoms with Gasteiger partial charge in [-0.15, -0.1) is 0 Å². The maximum absolute atomic E-state index is 10.8. The van der Waals surface area contributed by atoms with Crippen LogP contribution in [0.15, 0.2) is 0 Å². The highest BCUT2D eigenvalue weighted by Crippen LogP contribution is 2.29. The average molecular weight is 171 g/mol. The molecule has 0 atom stereocenters. The van der Waals surface area contributed by atoms with Gasteiger partial charge < -0.3 is 9.64 Å². The zero-order chi connectivity index (χ0) is 8.97. The van der Waals surface area contributed by atoms with Gasteiger partial charge in [0, 0.05) is 13.1 Å². The van der Waals surface area contributed by atoms with Gasteiger partial charge >= 0.3 is 5.97 Å². The van der Waals surface area contributed by atoms with E-state index >= 15 is 0 Å². The van der Waals surface area contributed by atoms with Crippen LogP contribution in [0.3, 0.4) is 0 Å². The van der Waals surface area contributed by atoms with Crippen molar-refractivity contribution in [3.05, 3.63) is 0 Å². The molecule has 1 saturated carbocycles. The second kappa shape index (κ2) is 4.45. The van der Waals surface area contributed by atoms with Gasteiger partial charge in [-0.2, -0.15) is 0 Å². The van der Waals surface area contributed by atoms with Crippen LogP contribution in [0, 0.1) is 5.92 Å². The summed E-state index contributed by atoms with van der Waals surface area (Å²) in [7, 11) is 3.49. The third kappa shape index (κ3) is 3.72. The van der Waals surface area contributed by atoms with Crippen molar-refractivity contribution in [2.45, 2.75) is 19.3 Å². The summed E-state index contributed by atoms with van der Waals surface area (Å²) >= 11 is 0. The number of methoxy groups -OCH3 is 1. The number of nitrogens with zero attached hydrogens (tertiary/aromatic N) is 1. The molecule has 0 amide bonds. The van der Waals surface area contributed by atoms with Crippen LogP contribution < -0.4 is 0 Å². The third-order valence-electron chi connectivity index (χ3n) is 2.19. The molecule has 12 heavy (non-hydrogen) atoms. The summed E-state index contributed by atoms with van der Waals surface area (Å²) in [6, 6.07) is 0. The largest absolute Gasteiger partial charge is 0.469 e. The predicted octanol–water partition coefficient (Wildman–Crippen LogP) is 0.891. The Bertz CT molecular complexity index is 155. The fourth-order valence-corrected chi connectivity index (χ4v) is 1.22. The molecule has 0 aliphatic heterocycles. The number of hydrogen-bond acceptors (Lipinski definition) is 3. The van der Waals surface area contributed by atoms with Crippen molar-refractivity contribution in [2.24, 2.45) is 5.92 Å². The molecule has 0 unspecified atom stereocenters. The van der Waals surface area contributed by atoms with E-state index in [1.807, 2.05) is 0 Å². The minimum atomic E-state index is -0.113. The molecule has 0 saturated heterocycles. The summed E-state index contributed by atoms with van der Waals surface area (Å²) < 4.78 is 4.56. The number of esters is 1. The number of rotatable bonds is 5. The molecule has 0 aromatic rings. The summed E-state index contributed by atoms with van der Waals surface area (Å²) in [5, 5.41) is 0. The molecule has 3 heteroatoms. The first-order valence-corrected chi connectivity index (χ1v) is 4.47. The van der Waals surface area contributed by atoms with Crippen LogP contribution >= 0.6 is 0 Å². The van der Waals surface area contributed by atoms with E-state index in [2.05, 4.69) is 16.7 Å². The van der Waals surface area contributed by atoms with Crippen LogP contribution in [0.2, 0.25) is 0 Å². The molecule has 1 aliphatic rings. The average Bonchev–Trinajstić information content (AvgIpc) is 2.84. The van der Waals surface area contributed by atoms with E-state index in [0.29, 0.717) is 6.42 Å². The van der Waals surface area contributed by atoms with E-state index < -0.39 is 0 Å². The molecule has 0 aromatic carbocycles. The Balaban J connectivity index is 2.00. The molecular weight excluding hydrogens is 154 g/mol. The van der Waals surface area contributed by atoms with Gasteiger partial charge in [-0.25, -0.2) is 0 Å². The standard InChI is InChI=1S/C9H17NO2/c1-10(7-8-3-4-8)6-5-9(11)12-2/h8H,3-7H2,1-2H3. The van der Waals surface area contributed by atoms with Crippen molar-refractivity contribution in [3.8, 4) is 0 Å². The number of carbonyl (C=O) groups excluding carboxylic acids is 1. The molecule has 1 rings (SSSR count). The van der Waals surface area contributed by atoms with Crippen molar-refractivity contribution in [2.75, 3.05) is 27.2 Å². The van der Waals surface area contributed by atoms with Gasteiger partial charge in [0.25, 0.3) is 0 Å². The third-order valence-corrected chi connectivity index (χ3v) is 2.19. The van der Waals surface area contributed by atoms with E-state index in [4.69, 9.17) is 0 Å². The van der Waals surface area contributed by atoms with Crippen molar-refractivity contribution >= 4 is 5.97 Å². The topological polar surface area (TPSA) is 29.5 Å². The molecular formula is C9H17NO2. The first kappa shape index (κ1) is 9.52. The lowest BCUT2D eigenvalue weighted by atomic mass is 10.3. The quantitative estimate of drug-likeness (QED) is 0.575. The van der Waals surface area contributed by atoms with E-state index in [0.717, 1.165) is 19.0 Å². The van der Waals surface area contributed by atoms with Gasteiger partial charge in [0.15, 0.2) is 0 Å².